The van der Waals surface area contributed by atoms with Crippen LogP contribution in [0, 0.1) is 11.3 Å². The van der Waals surface area contributed by atoms with Gasteiger partial charge >= 0.3 is 5.97 Å². The van der Waals surface area contributed by atoms with E-state index in [1.807, 2.05) is 133 Å². The molecule has 7 heteroatoms. The topological polar surface area (TPSA) is 114 Å². The second kappa shape index (κ2) is 12.5. The maximum absolute atomic E-state index is 12.2. The second-order valence-corrected chi connectivity index (χ2v) is 13.9. The lowest BCUT2D eigenvalue weighted by Gasteiger charge is -2.10. The minimum atomic E-state index is -0.975. The van der Waals surface area contributed by atoms with Crippen molar-refractivity contribution in [2.45, 2.75) is 0 Å². The van der Waals surface area contributed by atoms with Crippen molar-refractivity contribution < 1.29 is 27.6 Å². The lowest BCUT2D eigenvalue weighted by molar-refractivity contribution is 0.0698. The molecule has 4 heterocycles. The number of hydrogen-bond donors (Lipinski definition) is 1. The molecule has 7 nitrogen and oxygen atoms in total. The van der Waals surface area contributed by atoms with Crippen LogP contribution < -0.4 is 0 Å². The third-order valence-electron chi connectivity index (χ3n) is 10.8. The number of nitriles is 1. The van der Waals surface area contributed by atoms with Crippen LogP contribution in [-0.2, 0) is 0 Å². The van der Waals surface area contributed by atoms with E-state index >= 15 is 0 Å². The van der Waals surface area contributed by atoms with E-state index in [2.05, 4.69) is 18.2 Å². The summed E-state index contributed by atoms with van der Waals surface area (Å²) in [7, 11) is 0. The number of furan rings is 4. The number of aromatic carboxylic acids is 1. The Morgan fingerprint density at radius 3 is 1.23 bits per heavy atom. The number of hydrogen-bond acceptors (Lipinski definition) is 6. The Balaban J connectivity index is 0.000000131. The van der Waals surface area contributed by atoms with Crippen molar-refractivity contribution in [2.24, 2.45) is 0 Å². The molecule has 12 rings (SSSR count). The predicted molar refractivity (Wildman–Crippen MR) is 225 cm³/mol. The van der Waals surface area contributed by atoms with Gasteiger partial charge in [0, 0.05) is 54.2 Å². The molecule has 12 aromatic rings. The van der Waals surface area contributed by atoms with Gasteiger partial charge in [-0.1, -0.05) is 97.1 Å². The van der Waals surface area contributed by atoms with Gasteiger partial charge in [0.2, 0.25) is 0 Å². The Hall–Kier alpha value is -8.08. The molecule has 0 bridgehead atoms. The number of nitrogens with zero attached hydrogens (tertiary/aromatic N) is 1. The molecular weight excluding hydrogens is 711 g/mol. The summed E-state index contributed by atoms with van der Waals surface area (Å²) in [6, 6.07) is 52.7. The first kappa shape index (κ1) is 32.4. The van der Waals surface area contributed by atoms with Gasteiger partial charge in [-0.15, -0.1) is 0 Å². The molecule has 8 aromatic carbocycles. The van der Waals surface area contributed by atoms with Crippen LogP contribution in [0.5, 0.6) is 0 Å². The molecule has 0 unspecified atom stereocenters. The zero-order valence-corrected chi connectivity index (χ0v) is 29.9. The highest BCUT2D eigenvalue weighted by molar-refractivity contribution is 6.23. The molecule has 268 valence electrons. The molecule has 0 saturated heterocycles. The van der Waals surface area contributed by atoms with E-state index in [4.69, 9.17) is 17.7 Å². The predicted octanol–water partition coefficient (Wildman–Crippen LogP) is 13.9. The van der Waals surface area contributed by atoms with Crippen molar-refractivity contribution in [1.82, 2.24) is 0 Å². The largest absolute Gasteiger partial charge is 0.478 e. The van der Waals surface area contributed by atoms with Gasteiger partial charge in [-0.05, 0) is 71.8 Å². The molecule has 57 heavy (non-hydrogen) atoms. The number of carboxylic acid groups (broad SMARTS) is 1. The number of carboxylic acids is 1. The van der Waals surface area contributed by atoms with Crippen LogP contribution in [0.15, 0.2) is 175 Å². The summed E-state index contributed by atoms with van der Waals surface area (Å²) < 4.78 is 24.2. The minimum Gasteiger partial charge on any atom is -0.478 e. The van der Waals surface area contributed by atoms with Gasteiger partial charge in [0.25, 0.3) is 0 Å². The molecule has 4 aromatic heterocycles. The van der Waals surface area contributed by atoms with E-state index in [-0.39, 0.29) is 5.56 Å². The number of benzene rings is 8. The zero-order valence-electron chi connectivity index (χ0n) is 29.9. The van der Waals surface area contributed by atoms with E-state index in [1.54, 1.807) is 12.1 Å². The van der Waals surface area contributed by atoms with Crippen LogP contribution in [-0.4, -0.2) is 11.1 Å². The van der Waals surface area contributed by atoms with E-state index in [0.29, 0.717) is 16.7 Å². The molecule has 0 radical (unpaired) electrons. The molecule has 0 spiro atoms. The van der Waals surface area contributed by atoms with Crippen LogP contribution in [0.4, 0.5) is 0 Å². The number of fused-ring (bicyclic) bond motifs is 12. The quantitative estimate of drug-likeness (QED) is 0.192. The summed E-state index contributed by atoms with van der Waals surface area (Å²) in [5.41, 5.74) is 10.3. The Labute approximate surface area is 322 Å². The SMILES string of the molecule is N#Cc1ccc2oc3ccccc3c2c1-c1cccc2oc3ccccc3c12.O=C(O)c1ccc2oc3ccccc3c2c1-c1cccc2oc3ccccc3c12. The van der Waals surface area contributed by atoms with Crippen LogP contribution in [0.3, 0.4) is 0 Å². The summed E-state index contributed by atoms with van der Waals surface area (Å²) in [4.78, 5) is 12.2. The van der Waals surface area contributed by atoms with Crippen molar-refractivity contribution in [3.63, 3.8) is 0 Å². The molecule has 0 fully saturated rings. The fourth-order valence-corrected chi connectivity index (χ4v) is 8.43. The Kier molecular flexibility index (Phi) is 7.09. The van der Waals surface area contributed by atoms with Crippen molar-refractivity contribution >= 4 is 93.7 Å². The fraction of sp³-hybridized carbons (Fsp3) is 0. The fourth-order valence-electron chi connectivity index (χ4n) is 8.43. The number of carbonyl (C=O) groups is 1. The Bertz CT molecular complexity index is 3640. The van der Waals surface area contributed by atoms with Crippen molar-refractivity contribution in [3.8, 4) is 28.3 Å². The standard InChI is InChI=1S/C25H13NO2.C25H14O4/c26-14-15-12-13-22-25(17-7-2-4-10-20(17)28-22)23(15)18-8-5-11-21-24(18)16-6-1-3-9-19(16)27-21;26-25(27)17-12-13-21-24(15-7-2-4-10-19(15)29-21)23(17)16-8-5-11-20-22(16)14-6-1-3-9-18(14)28-20/h1-13H;1-13H,(H,26,27). The molecule has 0 saturated carbocycles. The van der Waals surface area contributed by atoms with Gasteiger partial charge in [-0.2, -0.15) is 5.26 Å². The maximum atomic E-state index is 12.2. The van der Waals surface area contributed by atoms with E-state index in [1.165, 1.54) is 0 Å². The van der Waals surface area contributed by atoms with Gasteiger partial charge in [-0.3, -0.25) is 0 Å². The Morgan fingerprint density at radius 2 is 0.772 bits per heavy atom. The highest BCUT2D eigenvalue weighted by atomic mass is 16.4. The molecule has 0 atom stereocenters. The smallest absolute Gasteiger partial charge is 0.336 e. The summed E-state index contributed by atoms with van der Waals surface area (Å²) in [6.07, 6.45) is 0. The summed E-state index contributed by atoms with van der Waals surface area (Å²) >= 11 is 0. The van der Waals surface area contributed by atoms with Gasteiger partial charge in [0.15, 0.2) is 0 Å². The van der Waals surface area contributed by atoms with Gasteiger partial charge in [0.1, 0.15) is 44.7 Å². The molecule has 0 aliphatic carbocycles. The first-order valence-corrected chi connectivity index (χ1v) is 18.4. The highest BCUT2D eigenvalue weighted by Crippen LogP contribution is 2.45. The summed E-state index contributed by atoms with van der Waals surface area (Å²) in [6.45, 7) is 0. The van der Waals surface area contributed by atoms with Crippen molar-refractivity contribution in [1.29, 1.82) is 5.26 Å². The zero-order chi connectivity index (χ0) is 38.2. The average molecular weight is 738 g/mol. The molecule has 0 aliphatic rings. The molecule has 1 N–H and O–H groups in total. The third kappa shape index (κ3) is 4.88. The third-order valence-corrected chi connectivity index (χ3v) is 10.8. The van der Waals surface area contributed by atoms with E-state index in [9.17, 15) is 15.2 Å². The summed E-state index contributed by atoms with van der Waals surface area (Å²) in [5.74, 6) is -0.975. The first-order valence-electron chi connectivity index (χ1n) is 18.4. The number of para-hydroxylation sites is 4. The van der Waals surface area contributed by atoms with Crippen molar-refractivity contribution in [3.05, 3.63) is 169 Å². The Morgan fingerprint density at radius 1 is 0.404 bits per heavy atom. The normalized spacial score (nSPS) is 11.6. The van der Waals surface area contributed by atoms with Crippen LogP contribution >= 0.6 is 0 Å². The first-order chi connectivity index (χ1) is 28.1. The monoisotopic (exact) mass is 737 g/mol. The van der Waals surface area contributed by atoms with Crippen LogP contribution in [0.25, 0.3) is 110 Å². The average Bonchev–Trinajstić information content (AvgIpc) is 4.03. The van der Waals surface area contributed by atoms with Gasteiger partial charge < -0.3 is 22.8 Å². The minimum absolute atomic E-state index is 0.238. The van der Waals surface area contributed by atoms with Gasteiger partial charge in [-0.25, -0.2) is 4.79 Å². The molecule has 0 aliphatic heterocycles. The van der Waals surface area contributed by atoms with Gasteiger partial charge in [0.05, 0.1) is 17.2 Å². The van der Waals surface area contributed by atoms with E-state index in [0.717, 1.165) is 98.9 Å². The van der Waals surface area contributed by atoms with E-state index < -0.39 is 5.97 Å². The maximum Gasteiger partial charge on any atom is 0.336 e. The summed E-state index contributed by atoms with van der Waals surface area (Å²) in [5, 5.41) is 27.5. The van der Waals surface area contributed by atoms with Crippen molar-refractivity contribution in [2.75, 3.05) is 0 Å². The highest BCUT2D eigenvalue weighted by Gasteiger charge is 2.24. The second-order valence-electron chi connectivity index (χ2n) is 13.9. The van der Waals surface area contributed by atoms with Crippen LogP contribution in [0.1, 0.15) is 15.9 Å². The molecular formula is C50H27NO6. The molecule has 0 amide bonds. The van der Waals surface area contributed by atoms with Crippen LogP contribution in [0.2, 0.25) is 0 Å². The lowest BCUT2D eigenvalue weighted by atomic mass is 9.91. The number of rotatable bonds is 3. The lowest BCUT2D eigenvalue weighted by Crippen LogP contribution is -2.00.